The van der Waals surface area contributed by atoms with Crippen molar-refractivity contribution in [1.82, 2.24) is 0 Å². The van der Waals surface area contributed by atoms with Gasteiger partial charge in [-0.2, -0.15) is 0 Å². The molecule has 47 heavy (non-hydrogen) atoms. The van der Waals surface area contributed by atoms with Gasteiger partial charge in [-0.1, -0.05) is 158 Å². The van der Waals surface area contributed by atoms with Gasteiger partial charge in [-0.05, 0) is 90.3 Å². The van der Waals surface area contributed by atoms with Crippen molar-refractivity contribution in [3.63, 3.8) is 0 Å². The number of rotatable bonds is 5. The van der Waals surface area contributed by atoms with Crippen LogP contribution in [0.1, 0.15) is 0 Å². The smallest absolute Gasteiger partial charge is 0.0540 e. The lowest BCUT2D eigenvalue weighted by Gasteiger charge is -2.28. The fourth-order valence-corrected chi connectivity index (χ4v) is 7.16. The van der Waals surface area contributed by atoms with Gasteiger partial charge in [-0.25, -0.2) is 0 Å². The van der Waals surface area contributed by atoms with Crippen LogP contribution in [0.3, 0.4) is 0 Å². The number of anilines is 3. The molecule has 220 valence electrons. The SMILES string of the molecule is c1ccc(-c2ccc(N(c3ccc4c(ccc5c6ccccc6ccc45)c3)c3ccc(-c4ccccc4)c4ccccc34)cc2)cc1. The summed E-state index contributed by atoms with van der Waals surface area (Å²) in [6.45, 7) is 0. The van der Waals surface area contributed by atoms with E-state index < -0.39 is 0 Å². The first kappa shape index (κ1) is 27.2. The molecule has 0 aromatic heterocycles. The minimum absolute atomic E-state index is 1.12. The van der Waals surface area contributed by atoms with Crippen molar-refractivity contribution < 1.29 is 0 Å². The van der Waals surface area contributed by atoms with Gasteiger partial charge < -0.3 is 4.90 Å². The predicted molar refractivity (Wildman–Crippen MR) is 202 cm³/mol. The van der Waals surface area contributed by atoms with Gasteiger partial charge >= 0.3 is 0 Å². The average molecular weight is 598 g/mol. The van der Waals surface area contributed by atoms with E-state index in [1.54, 1.807) is 0 Å². The van der Waals surface area contributed by atoms with Gasteiger partial charge in [0.05, 0.1) is 5.69 Å². The summed E-state index contributed by atoms with van der Waals surface area (Å²) in [5.41, 5.74) is 8.28. The largest absolute Gasteiger partial charge is 0.310 e. The summed E-state index contributed by atoms with van der Waals surface area (Å²) >= 11 is 0. The average Bonchev–Trinajstić information content (AvgIpc) is 3.15. The Morgan fingerprint density at radius 2 is 0.809 bits per heavy atom. The van der Waals surface area contributed by atoms with Crippen LogP contribution in [-0.4, -0.2) is 0 Å². The lowest BCUT2D eigenvalue weighted by molar-refractivity contribution is 1.30. The Labute approximate surface area is 274 Å². The standard InChI is InChI=1S/C46H31N/c1-3-11-32(12-4-1)33-19-23-37(24-20-33)47(46-30-29-40(34-13-5-2-6-14-34)42-17-9-10-18-45(42)46)38-25-28-41-36(31-38)22-27-43-39-16-8-7-15-35(39)21-26-44(41)43/h1-31H. The second-order valence-electron chi connectivity index (χ2n) is 12.1. The van der Waals surface area contributed by atoms with Crippen molar-refractivity contribution in [2.45, 2.75) is 0 Å². The van der Waals surface area contributed by atoms with Gasteiger partial charge in [0.25, 0.3) is 0 Å². The highest BCUT2D eigenvalue weighted by atomic mass is 15.1. The van der Waals surface area contributed by atoms with E-state index in [0.29, 0.717) is 0 Å². The Morgan fingerprint density at radius 1 is 0.277 bits per heavy atom. The maximum Gasteiger partial charge on any atom is 0.0540 e. The van der Waals surface area contributed by atoms with Crippen molar-refractivity contribution in [2.75, 3.05) is 4.90 Å². The van der Waals surface area contributed by atoms with E-state index in [9.17, 15) is 0 Å². The van der Waals surface area contributed by atoms with E-state index in [2.05, 4.69) is 193 Å². The second kappa shape index (κ2) is 11.3. The highest BCUT2D eigenvalue weighted by Crippen LogP contribution is 2.43. The maximum absolute atomic E-state index is 2.41. The maximum atomic E-state index is 2.41. The number of benzene rings is 9. The van der Waals surface area contributed by atoms with Crippen molar-refractivity contribution in [1.29, 1.82) is 0 Å². The molecule has 0 N–H and O–H groups in total. The van der Waals surface area contributed by atoms with Crippen molar-refractivity contribution >= 4 is 60.2 Å². The molecule has 0 saturated carbocycles. The van der Waals surface area contributed by atoms with Gasteiger partial charge in [-0.3, -0.25) is 0 Å². The third kappa shape index (κ3) is 4.72. The second-order valence-corrected chi connectivity index (χ2v) is 12.1. The molecule has 0 heterocycles. The van der Waals surface area contributed by atoms with Crippen LogP contribution in [0.2, 0.25) is 0 Å². The Hall–Kier alpha value is -6.18. The van der Waals surface area contributed by atoms with Crippen molar-refractivity contribution in [3.05, 3.63) is 188 Å². The van der Waals surface area contributed by atoms with Crippen LogP contribution >= 0.6 is 0 Å². The van der Waals surface area contributed by atoms with Crippen molar-refractivity contribution in [2.24, 2.45) is 0 Å². The van der Waals surface area contributed by atoms with E-state index in [1.807, 2.05) is 0 Å². The zero-order valence-corrected chi connectivity index (χ0v) is 25.8. The minimum atomic E-state index is 1.12. The summed E-state index contributed by atoms with van der Waals surface area (Å²) in [6.07, 6.45) is 0. The van der Waals surface area contributed by atoms with Crippen LogP contribution in [0.4, 0.5) is 17.1 Å². The molecule has 0 unspecified atom stereocenters. The molecule has 9 rings (SSSR count). The van der Waals surface area contributed by atoms with E-state index >= 15 is 0 Å². The van der Waals surface area contributed by atoms with E-state index in [4.69, 9.17) is 0 Å². The zero-order valence-electron chi connectivity index (χ0n) is 25.8. The summed E-state index contributed by atoms with van der Waals surface area (Å²) in [6, 6.07) is 68.2. The van der Waals surface area contributed by atoms with Gasteiger partial charge in [0.2, 0.25) is 0 Å². The third-order valence-corrected chi connectivity index (χ3v) is 9.44. The molecule has 0 aliphatic rings. The molecule has 1 nitrogen and oxygen atoms in total. The lowest BCUT2D eigenvalue weighted by atomic mass is 9.95. The highest BCUT2D eigenvalue weighted by Gasteiger charge is 2.18. The van der Waals surface area contributed by atoms with Crippen LogP contribution in [-0.2, 0) is 0 Å². The summed E-state index contributed by atoms with van der Waals surface area (Å²) < 4.78 is 0. The minimum Gasteiger partial charge on any atom is -0.310 e. The number of hydrogen-bond donors (Lipinski definition) is 0. The molecule has 0 fully saturated rings. The topological polar surface area (TPSA) is 3.24 Å². The molecular weight excluding hydrogens is 567 g/mol. The predicted octanol–water partition coefficient (Wildman–Crippen LogP) is 13.1. The van der Waals surface area contributed by atoms with Crippen LogP contribution < -0.4 is 4.90 Å². The Morgan fingerprint density at radius 3 is 1.55 bits per heavy atom. The fourth-order valence-electron chi connectivity index (χ4n) is 7.16. The summed E-state index contributed by atoms with van der Waals surface area (Å²) in [5.74, 6) is 0. The first-order chi connectivity index (χ1) is 23.3. The van der Waals surface area contributed by atoms with E-state index in [1.165, 1.54) is 65.3 Å². The molecule has 0 aliphatic carbocycles. The molecule has 9 aromatic rings. The molecular formula is C46H31N. The van der Waals surface area contributed by atoms with Gasteiger partial charge in [0, 0.05) is 16.8 Å². The molecule has 9 aromatic carbocycles. The number of fused-ring (bicyclic) bond motifs is 6. The van der Waals surface area contributed by atoms with Crippen LogP contribution in [0.15, 0.2) is 188 Å². The monoisotopic (exact) mass is 597 g/mol. The van der Waals surface area contributed by atoms with Crippen LogP contribution in [0, 0.1) is 0 Å². The number of hydrogen-bond acceptors (Lipinski definition) is 1. The van der Waals surface area contributed by atoms with Gasteiger partial charge in [0.15, 0.2) is 0 Å². The Kier molecular flexibility index (Phi) is 6.54. The van der Waals surface area contributed by atoms with E-state index in [-0.39, 0.29) is 0 Å². The molecule has 1 heteroatoms. The fraction of sp³-hybridized carbons (Fsp3) is 0. The first-order valence-corrected chi connectivity index (χ1v) is 16.2. The molecule has 0 radical (unpaired) electrons. The number of nitrogens with zero attached hydrogens (tertiary/aromatic N) is 1. The summed E-state index contributed by atoms with van der Waals surface area (Å²) in [5, 5.41) is 10.1. The third-order valence-electron chi connectivity index (χ3n) is 9.44. The quantitative estimate of drug-likeness (QED) is 0.178. The molecule has 0 atom stereocenters. The Balaban J connectivity index is 1.25. The summed E-state index contributed by atoms with van der Waals surface area (Å²) in [7, 11) is 0. The molecule has 0 bridgehead atoms. The normalized spacial score (nSPS) is 11.4. The zero-order chi connectivity index (χ0) is 31.2. The molecule has 0 saturated heterocycles. The first-order valence-electron chi connectivity index (χ1n) is 16.2. The van der Waals surface area contributed by atoms with Crippen LogP contribution in [0.25, 0.3) is 65.3 Å². The van der Waals surface area contributed by atoms with Crippen LogP contribution in [0.5, 0.6) is 0 Å². The van der Waals surface area contributed by atoms with E-state index in [0.717, 1.165) is 17.1 Å². The molecule has 0 spiro atoms. The van der Waals surface area contributed by atoms with Gasteiger partial charge in [0.1, 0.15) is 0 Å². The van der Waals surface area contributed by atoms with Gasteiger partial charge in [-0.15, -0.1) is 0 Å². The highest BCUT2D eigenvalue weighted by molar-refractivity contribution is 6.18. The summed E-state index contributed by atoms with van der Waals surface area (Å²) in [4.78, 5) is 2.41. The van der Waals surface area contributed by atoms with Crippen molar-refractivity contribution in [3.8, 4) is 22.3 Å². The molecule has 0 amide bonds. The lowest BCUT2D eigenvalue weighted by Crippen LogP contribution is -2.10. The molecule has 0 aliphatic heterocycles. The Bertz CT molecular complexity index is 2550.